The maximum absolute atomic E-state index is 6.27. The van der Waals surface area contributed by atoms with Gasteiger partial charge in [-0.2, -0.15) is 0 Å². The lowest BCUT2D eigenvalue weighted by atomic mass is 9.85. The molecule has 0 bridgehead atoms. The zero-order valence-electron chi connectivity index (χ0n) is 16.9. The van der Waals surface area contributed by atoms with E-state index in [-0.39, 0.29) is 5.92 Å². The smallest absolute Gasteiger partial charge is 0.119 e. The van der Waals surface area contributed by atoms with Gasteiger partial charge in [-0.3, -0.25) is 4.90 Å². The molecule has 2 aliphatic heterocycles. The molecule has 1 atom stereocenters. The van der Waals surface area contributed by atoms with Crippen LogP contribution < -0.4 is 4.74 Å². The van der Waals surface area contributed by atoms with E-state index in [1.54, 1.807) is 0 Å². The normalized spacial score (nSPS) is 20.4. The molecule has 0 saturated carbocycles. The van der Waals surface area contributed by atoms with E-state index in [2.05, 4.69) is 41.1 Å². The van der Waals surface area contributed by atoms with Gasteiger partial charge >= 0.3 is 0 Å². The number of hydrogen-bond donors (Lipinski definition) is 0. The molecule has 0 radical (unpaired) electrons. The minimum absolute atomic E-state index is 0.286. The van der Waals surface area contributed by atoms with Crippen LogP contribution in [0.1, 0.15) is 29.0 Å². The molecule has 2 aromatic rings. The lowest BCUT2D eigenvalue weighted by Crippen LogP contribution is -2.37. The number of hydrogen-bond acceptors (Lipinski definition) is 4. The van der Waals surface area contributed by atoms with Gasteiger partial charge in [0.2, 0.25) is 0 Å². The Kier molecular flexibility index (Phi) is 6.99. The van der Waals surface area contributed by atoms with Gasteiger partial charge in [0.15, 0.2) is 0 Å². The van der Waals surface area contributed by atoms with Gasteiger partial charge < -0.3 is 14.4 Å². The summed E-state index contributed by atoms with van der Waals surface area (Å²) in [4.78, 5) is 4.79. The van der Waals surface area contributed by atoms with Crippen molar-refractivity contribution in [2.75, 3.05) is 53.0 Å². The topological polar surface area (TPSA) is 24.9 Å². The third kappa shape index (κ3) is 5.25. The predicted molar refractivity (Wildman–Crippen MR) is 118 cm³/mol. The molecule has 0 amide bonds. The molecule has 1 unspecified atom stereocenters. The second-order valence-corrected chi connectivity index (χ2v) is 8.75. The van der Waals surface area contributed by atoms with E-state index >= 15 is 0 Å². The Labute approximate surface area is 183 Å². The lowest BCUT2D eigenvalue weighted by Gasteiger charge is -2.33. The average Bonchev–Trinajstić information content (AvgIpc) is 2.73. The van der Waals surface area contributed by atoms with Crippen LogP contribution in [0.5, 0.6) is 5.75 Å². The van der Waals surface area contributed by atoms with Crippen LogP contribution in [0.4, 0.5) is 0 Å². The molecule has 0 spiro atoms. The molecule has 4 nitrogen and oxygen atoms in total. The van der Waals surface area contributed by atoms with Gasteiger partial charge in [-0.15, -0.1) is 0 Å². The highest BCUT2D eigenvalue weighted by Crippen LogP contribution is 2.37. The first-order chi connectivity index (χ1) is 14.1. The Morgan fingerprint density at radius 1 is 1.07 bits per heavy atom. The number of nitrogens with zero attached hydrogens (tertiary/aromatic N) is 2. The van der Waals surface area contributed by atoms with E-state index in [4.69, 9.17) is 32.7 Å². The molecule has 156 valence electrons. The quantitative estimate of drug-likeness (QED) is 0.616. The maximum Gasteiger partial charge on any atom is 0.119 e. The van der Waals surface area contributed by atoms with E-state index in [1.165, 1.54) is 16.7 Å². The molecule has 0 aliphatic carbocycles. The second-order valence-electron chi connectivity index (χ2n) is 7.94. The number of morpholine rings is 1. The Bertz CT molecular complexity index is 840. The summed E-state index contributed by atoms with van der Waals surface area (Å²) in [5, 5.41) is 1.21. The van der Waals surface area contributed by atoms with Crippen LogP contribution in [0, 0.1) is 0 Å². The number of ether oxygens (including phenoxy) is 2. The first-order valence-electron chi connectivity index (χ1n) is 10.3. The fraction of sp³-hybridized carbons (Fsp3) is 0.478. The third-order valence-electron chi connectivity index (χ3n) is 5.76. The number of halogens is 2. The summed E-state index contributed by atoms with van der Waals surface area (Å²) in [6.07, 6.45) is 1.03. The first-order valence-corrected chi connectivity index (χ1v) is 11.0. The molecule has 2 heterocycles. The van der Waals surface area contributed by atoms with Gasteiger partial charge in [-0.25, -0.2) is 0 Å². The number of benzene rings is 2. The molecular weight excluding hydrogens is 407 g/mol. The fourth-order valence-corrected chi connectivity index (χ4v) is 4.54. The fourth-order valence-electron chi connectivity index (χ4n) is 4.23. The van der Waals surface area contributed by atoms with Gasteiger partial charge in [0.05, 0.1) is 29.9 Å². The van der Waals surface area contributed by atoms with Crippen LogP contribution in [-0.2, 0) is 11.3 Å². The van der Waals surface area contributed by atoms with Crippen molar-refractivity contribution >= 4 is 23.2 Å². The molecule has 2 aliphatic rings. The monoisotopic (exact) mass is 434 g/mol. The zero-order valence-corrected chi connectivity index (χ0v) is 18.4. The highest BCUT2D eigenvalue weighted by molar-refractivity contribution is 6.42. The second kappa shape index (κ2) is 9.67. The Hall–Kier alpha value is -1.30. The van der Waals surface area contributed by atoms with Crippen molar-refractivity contribution in [1.29, 1.82) is 0 Å². The summed E-state index contributed by atoms with van der Waals surface area (Å²) in [6, 6.07) is 12.5. The van der Waals surface area contributed by atoms with Crippen molar-refractivity contribution in [3.8, 4) is 5.75 Å². The molecule has 0 N–H and O–H groups in total. The molecule has 0 aromatic heterocycles. The van der Waals surface area contributed by atoms with Gasteiger partial charge in [0.1, 0.15) is 5.75 Å². The van der Waals surface area contributed by atoms with Gasteiger partial charge in [0, 0.05) is 38.6 Å². The van der Waals surface area contributed by atoms with Crippen LogP contribution in [-0.4, -0.2) is 62.8 Å². The van der Waals surface area contributed by atoms with Crippen LogP contribution in [0.3, 0.4) is 0 Å². The van der Waals surface area contributed by atoms with E-state index in [9.17, 15) is 0 Å². The lowest BCUT2D eigenvalue weighted by molar-refractivity contribution is 0.0358. The van der Waals surface area contributed by atoms with Crippen LogP contribution in [0.25, 0.3) is 0 Å². The van der Waals surface area contributed by atoms with E-state index in [0.29, 0.717) is 10.0 Å². The highest BCUT2D eigenvalue weighted by atomic mass is 35.5. The molecule has 2 aromatic carbocycles. The van der Waals surface area contributed by atoms with Crippen LogP contribution in [0.2, 0.25) is 10.0 Å². The maximum atomic E-state index is 6.27. The van der Waals surface area contributed by atoms with E-state index < -0.39 is 0 Å². The van der Waals surface area contributed by atoms with Crippen molar-refractivity contribution in [2.45, 2.75) is 18.9 Å². The molecule has 1 saturated heterocycles. The zero-order chi connectivity index (χ0) is 20.2. The summed E-state index contributed by atoms with van der Waals surface area (Å²) in [5.41, 5.74) is 3.87. The largest absolute Gasteiger partial charge is 0.494 e. The minimum atomic E-state index is 0.286. The summed E-state index contributed by atoms with van der Waals surface area (Å²) in [5.74, 6) is 1.24. The van der Waals surface area contributed by atoms with E-state index in [1.807, 2.05) is 12.1 Å². The number of rotatable bonds is 6. The predicted octanol–water partition coefficient (Wildman–Crippen LogP) is 4.67. The first kappa shape index (κ1) is 21.0. The SMILES string of the molecule is CN1Cc2cc(OCCCN3CCOCC3)ccc2C(c2ccc(Cl)c(Cl)c2)C1. The summed E-state index contributed by atoms with van der Waals surface area (Å²) < 4.78 is 11.5. The summed E-state index contributed by atoms with van der Waals surface area (Å²) >= 11 is 12.4. The van der Waals surface area contributed by atoms with Crippen LogP contribution in [0.15, 0.2) is 36.4 Å². The summed E-state index contributed by atoms with van der Waals surface area (Å²) in [6.45, 7) is 7.45. The van der Waals surface area contributed by atoms with Crippen molar-refractivity contribution < 1.29 is 9.47 Å². The number of fused-ring (bicyclic) bond motifs is 1. The van der Waals surface area contributed by atoms with Gasteiger partial charge in [-0.05, 0) is 54.4 Å². The Morgan fingerprint density at radius 3 is 2.69 bits per heavy atom. The van der Waals surface area contributed by atoms with Crippen molar-refractivity contribution in [3.05, 3.63) is 63.1 Å². The number of likely N-dealkylation sites (N-methyl/N-ethyl adjacent to an activating group) is 1. The van der Waals surface area contributed by atoms with Crippen molar-refractivity contribution in [2.24, 2.45) is 0 Å². The van der Waals surface area contributed by atoms with Gasteiger partial charge in [0.25, 0.3) is 0 Å². The Morgan fingerprint density at radius 2 is 1.90 bits per heavy atom. The Balaban J connectivity index is 1.41. The summed E-state index contributed by atoms with van der Waals surface area (Å²) in [7, 11) is 2.16. The minimum Gasteiger partial charge on any atom is -0.494 e. The van der Waals surface area contributed by atoms with Crippen molar-refractivity contribution in [3.63, 3.8) is 0 Å². The van der Waals surface area contributed by atoms with Crippen LogP contribution >= 0.6 is 23.2 Å². The highest BCUT2D eigenvalue weighted by Gasteiger charge is 2.25. The third-order valence-corrected chi connectivity index (χ3v) is 6.50. The average molecular weight is 435 g/mol. The van der Waals surface area contributed by atoms with Crippen molar-refractivity contribution in [1.82, 2.24) is 9.80 Å². The molecule has 4 rings (SSSR count). The van der Waals surface area contributed by atoms with Gasteiger partial charge in [-0.1, -0.05) is 35.3 Å². The molecule has 1 fully saturated rings. The molecular formula is C23H28Cl2N2O2. The van der Waals surface area contributed by atoms with E-state index in [0.717, 1.165) is 64.7 Å². The molecule has 29 heavy (non-hydrogen) atoms. The molecule has 6 heteroatoms. The standard InChI is InChI=1S/C23H28Cl2N2O2/c1-26-15-18-13-19(29-10-2-7-27-8-11-28-12-9-27)4-5-20(18)21(16-26)17-3-6-22(24)23(25)14-17/h3-6,13-14,21H,2,7-12,15-16H2,1H3.